The molecular weight excluding hydrogens is 329 g/mol. The number of hydrogen-bond acceptors (Lipinski definition) is 4. The first-order chi connectivity index (χ1) is 10.4. The number of nitrogens with zero attached hydrogens (tertiary/aromatic N) is 1. The standard InChI is InChI=1S/C15H19Cl2NO4/c1-10(15(20)22-3)9-18(6-7-21-2)14(19)11-4-5-12(16)13(17)8-11/h4-5,8,10H,6-7,9H2,1-3H3. The zero-order chi connectivity index (χ0) is 16.7. The number of rotatable bonds is 7. The van der Waals surface area contributed by atoms with Crippen molar-refractivity contribution in [2.24, 2.45) is 5.92 Å². The predicted octanol–water partition coefficient (Wildman–Crippen LogP) is 2.89. The van der Waals surface area contributed by atoms with E-state index >= 15 is 0 Å². The summed E-state index contributed by atoms with van der Waals surface area (Å²) in [7, 11) is 2.87. The van der Waals surface area contributed by atoms with E-state index in [9.17, 15) is 9.59 Å². The van der Waals surface area contributed by atoms with Crippen molar-refractivity contribution >= 4 is 35.1 Å². The van der Waals surface area contributed by atoms with Gasteiger partial charge in [0.05, 0.1) is 29.7 Å². The molecule has 0 N–H and O–H groups in total. The lowest BCUT2D eigenvalue weighted by Crippen LogP contribution is -2.39. The first kappa shape index (κ1) is 18.7. The third-order valence-electron chi connectivity index (χ3n) is 3.12. The SMILES string of the molecule is COCCN(CC(C)C(=O)OC)C(=O)c1ccc(Cl)c(Cl)c1. The lowest BCUT2D eigenvalue weighted by Gasteiger charge is -2.25. The molecule has 0 bridgehead atoms. The third kappa shape index (κ3) is 5.16. The molecule has 0 aliphatic carbocycles. The molecule has 1 aromatic carbocycles. The summed E-state index contributed by atoms with van der Waals surface area (Å²) in [6.07, 6.45) is 0. The molecular formula is C15H19Cl2NO4. The van der Waals surface area contributed by atoms with Crippen LogP contribution in [0.4, 0.5) is 0 Å². The smallest absolute Gasteiger partial charge is 0.310 e. The second-order valence-corrected chi connectivity index (χ2v) is 5.61. The van der Waals surface area contributed by atoms with Crippen LogP contribution in [0.25, 0.3) is 0 Å². The first-order valence-corrected chi connectivity index (χ1v) is 7.47. The van der Waals surface area contributed by atoms with E-state index < -0.39 is 5.92 Å². The van der Waals surface area contributed by atoms with Crippen LogP contribution in [0, 0.1) is 5.92 Å². The summed E-state index contributed by atoms with van der Waals surface area (Å²) in [6.45, 7) is 2.65. The average Bonchev–Trinajstić information content (AvgIpc) is 2.52. The van der Waals surface area contributed by atoms with E-state index in [0.29, 0.717) is 28.8 Å². The van der Waals surface area contributed by atoms with Crippen LogP contribution in [0.5, 0.6) is 0 Å². The summed E-state index contributed by atoms with van der Waals surface area (Å²) in [4.78, 5) is 25.7. The molecule has 1 rings (SSSR count). The van der Waals surface area contributed by atoms with Gasteiger partial charge >= 0.3 is 5.97 Å². The van der Waals surface area contributed by atoms with Gasteiger partial charge in [0.1, 0.15) is 0 Å². The van der Waals surface area contributed by atoms with E-state index in [1.807, 2.05) is 0 Å². The molecule has 0 spiro atoms. The summed E-state index contributed by atoms with van der Waals surface area (Å²) in [5.41, 5.74) is 0.405. The second-order valence-electron chi connectivity index (χ2n) is 4.80. The fourth-order valence-corrected chi connectivity index (χ4v) is 2.19. The van der Waals surface area contributed by atoms with Crippen molar-refractivity contribution in [2.75, 3.05) is 33.9 Å². The molecule has 122 valence electrons. The van der Waals surface area contributed by atoms with E-state index in [2.05, 4.69) is 0 Å². The zero-order valence-electron chi connectivity index (χ0n) is 12.8. The number of carbonyl (C=O) groups is 2. The van der Waals surface area contributed by atoms with Crippen LogP contribution in [-0.4, -0.2) is 50.7 Å². The Labute approximate surface area is 140 Å². The van der Waals surface area contributed by atoms with Crippen LogP contribution >= 0.6 is 23.2 Å². The van der Waals surface area contributed by atoms with Gasteiger partial charge in [0.2, 0.25) is 0 Å². The maximum atomic E-state index is 12.6. The second kappa shape index (κ2) is 8.98. The molecule has 0 aromatic heterocycles. The maximum absolute atomic E-state index is 12.6. The topological polar surface area (TPSA) is 55.8 Å². The van der Waals surface area contributed by atoms with Crippen molar-refractivity contribution in [3.63, 3.8) is 0 Å². The molecule has 1 atom stereocenters. The van der Waals surface area contributed by atoms with E-state index in [4.69, 9.17) is 32.7 Å². The quantitative estimate of drug-likeness (QED) is 0.711. The Hall–Kier alpha value is -1.30. The highest BCUT2D eigenvalue weighted by atomic mass is 35.5. The van der Waals surface area contributed by atoms with Crippen LogP contribution in [0.15, 0.2) is 18.2 Å². The van der Waals surface area contributed by atoms with Crippen molar-refractivity contribution in [3.8, 4) is 0 Å². The summed E-state index contributed by atoms with van der Waals surface area (Å²) in [6, 6.07) is 4.67. The van der Waals surface area contributed by atoms with Gasteiger partial charge in [0.15, 0.2) is 0 Å². The number of esters is 1. The summed E-state index contributed by atoms with van der Waals surface area (Å²) in [5.74, 6) is -1.05. The van der Waals surface area contributed by atoms with Crippen LogP contribution in [0.1, 0.15) is 17.3 Å². The molecule has 0 saturated carbocycles. The van der Waals surface area contributed by atoms with E-state index in [1.54, 1.807) is 26.2 Å². The lowest BCUT2D eigenvalue weighted by molar-refractivity contribution is -0.145. The van der Waals surface area contributed by atoms with Gasteiger partial charge in [0, 0.05) is 25.8 Å². The molecule has 22 heavy (non-hydrogen) atoms. The van der Waals surface area contributed by atoms with Crippen molar-refractivity contribution in [2.45, 2.75) is 6.92 Å². The summed E-state index contributed by atoms with van der Waals surface area (Å²) < 4.78 is 9.70. The molecule has 0 fully saturated rings. The highest BCUT2D eigenvalue weighted by molar-refractivity contribution is 6.42. The van der Waals surface area contributed by atoms with Gasteiger partial charge in [-0.1, -0.05) is 30.1 Å². The van der Waals surface area contributed by atoms with Gasteiger partial charge in [-0.2, -0.15) is 0 Å². The van der Waals surface area contributed by atoms with Crippen molar-refractivity contribution in [1.29, 1.82) is 0 Å². The summed E-state index contributed by atoms with van der Waals surface area (Å²) in [5, 5.41) is 0.685. The molecule has 7 heteroatoms. The van der Waals surface area contributed by atoms with Crippen LogP contribution < -0.4 is 0 Å². The number of hydrogen-bond donors (Lipinski definition) is 0. The Morgan fingerprint density at radius 3 is 2.45 bits per heavy atom. The highest BCUT2D eigenvalue weighted by Gasteiger charge is 2.22. The van der Waals surface area contributed by atoms with Gasteiger partial charge in [-0.25, -0.2) is 0 Å². The maximum Gasteiger partial charge on any atom is 0.310 e. The molecule has 0 heterocycles. The molecule has 0 saturated heterocycles. The number of carbonyl (C=O) groups excluding carboxylic acids is 2. The largest absolute Gasteiger partial charge is 0.469 e. The van der Waals surface area contributed by atoms with Crippen molar-refractivity contribution < 1.29 is 19.1 Å². The minimum absolute atomic E-state index is 0.231. The normalized spacial score (nSPS) is 11.9. The molecule has 0 aliphatic heterocycles. The number of ether oxygens (including phenoxy) is 2. The summed E-state index contributed by atoms with van der Waals surface area (Å²) >= 11 is 11.8. The molecule has 5 nitrogen and oxygen atoms in total. The van der Waals surface area contributed by atoms with E-state index in [-0.39, 0.29) is 18.4 Å². The fraction of sp³-hybridized carbons (Fsp3) is 0.467. The van der Waals surface area contributed by atoms with Crippen LogP contribution in [-0.2, 0) is 14.3 Å². The van der Waals surface area contributed by atoms with Crippen LogP contribution in [0.2, 0.25) is 10.0 Å². The Morgan fingerprint density at radius 1 is 1.23 bits per heavy atom. The van der Waals surface area contributed by atoms with Crippen molar-refractivity contribution in [3.05, 3.63) is 33.8 Å². The number of halogens is 2. The molecule has 1 aromatic rings. The third-order valence-corrected chi connectivity index (χ3v) is 3.86. The monoisotopic (exact) mass is 347 g/mol. The number of methoxy groups -OCH3 is 2. The Bertz CT molecular complexity index is 536. The Kier molecular flexibility index (Phi) is 7.65. The van der Waals surface area contributed by atoms with Gasteiger partial charge in [-0.05, 0) is 18.2 Å². The highest BCUT2D eigenvalue weighted by Crippen LogP contribution is 2.23. The number of amides is 1. The molecule has 0 radical (unpaired) electrons. The fourth-order valence-electron chi connectivity index (χ4n) is 1.90. The van der Waals surface area contributed by atoms with Gasteiger partial charge in [0.25, 0.3) is 5.91 Å². The van der Waals surface area contributed by atoms with Gasteiger partial charge in [-0.15, -0.1) is 0 Å². The lowest BCUT2D eigenvalue weighted by atomic mass is 10.1. The predicted molar refractivity (Wildman–Crippen MR) is 85.4 cm³/mol. The van der Waals surface area contributed by atoms with E-state index in [1.165, 1.54) is 18.1 Å². The van der Waals surface area contributed by atoms with E-state index in [0.717, 1.165) is 0 Å². The van der Waals surface area contributed by atoms with Gasteiger partial charge in [-0.3, -0.25) is 9.59 Å². The Morgan fingerprint density at radius 2 is 1.91 bits per heavy atom. The molecule has 0 aliphatic rings. The first-order valence-electron chi connectivity index (χ1n) is 6.71. The Balaban J connectivity index is 2.91. The van der Waals surface area contributed by atoms with Crippen molar-refractivity contribution in [1.82, 2.24) is 4.90 Å². The zero-order valence-corrected chi connectivity index (χ0v) is 14.3. The average molecular weight is 348 g/mol. The molecule has 1 unspecified atom stereocenters. The number of benzene rings is 1. The van der Waals surface area contributed by atoms with Crippen LogP contribution in [0.3, 0.4) is 0 Å². The van der Waals surface area contributed by atoms with Gasteiger partial charge < -0.3 is 14.4 Å². The minimum Gasteiger partial charge on any atom is -0.469 e. The molecule has 1 amide bonds. The minimum atomic E-state index is -0.437.